The second-order valence-electron chi connectivity index (χ2n) is 6.07. The SMILES string of the molecule is NCC1(Cc2ccc(F)c(Cl)c2)CC2CCC1C2. The molecule has 3 heteroatoms. The van der Waals surface area contributed by atoms with Gasteiger partial charge >= 0.3 is 0 Å². The van der Waals surface area contributed by atoms with Gasteiger partial charge in [0.2, 0.25) is 0 Å². The van der Waals surface area contributed by atoms with Gasteiger partial charge in [0.05, 0.1) is 5.02 Å². The summed E-state index contributed by atoms with van der Waals surface area (Å²) in [6.45, 7) is 0.739. The van der Waals surface area contributed by atoms with Crippen molar-refractivity contribution in [2.24, 2.45) is 23.0 Å². The first-order chi connectivity index (χ1) is 8.63. The van der Waals surface area contributed by atoms with Gasteiger partial charge in [-0.3, -0.25) is 0 Å². The molecule has 98 valence electrons. The van der Waals surface area contributed by atoms with Crippen LogP contribution in [0.3, 0.4) is 0 Å². The molecule has 0 radical (unpaired) electrons. The smallest absolute Gasteiger partial charge is 0.141 e. The maximum Gasteiger partial charge on any atom is 0.141 e. The van der Waals surface area contributed by atoms with Crippen molar-refractivity contribution in [3.63, 3.8) is 0 Å². The van der Waals surface area contributed by atoms with Crippen LogP contribution in [0.4, 0.5) is 4.39 Å². The highest BCUT2D eigenvalue weighted by atomic mass is 35.5. The highest BCUT2D eigenvalue weighted by molar-refractivity contribution is 6.30. The number of hydrogen-bond donors (Lipinski definition) is 1. The van der Waals surface area contributed by atoms with E-state index in [0.29, 0.717) is 0 Å². The molecule has 1 aromatic carbocycles. The van der Waals surface area contributed by atoms with Gasteiger partial charge in [-0.25, -0.2) is 4.39 Å². The Labute approximate surface area is 113 Å². The number of nitrogens with two attached hydrogens (primary N) is 1. The van der Waals surface area contributed by atoms with Crippen molar-refractivity contribution >= 4 is 11.6 Å². The van der Waals surface area contributed by atoms with Crippen LogP contribution in [0.1, 0.15) is 31.2 Å². The largest absolute Gasteiger partial charge is 0.330 e. The van der Waals surface area contributed by atoms with E-state index < -0.39 is 0 Å². The normalized spacial score (nSPS) is 34.2. The Balaban J connectivity index is 1.84. The van der Waals surface area contributed by atoms with E-state index in [4.69, 9.17) is 17.3 Å². The van der Waals surface area contributed by atoms with E-state index in [-0.39, 0.29) is 16.3 Å². The molecule has 0 aromatic heterocycles. The summed E-state index contributed by atoms with van der Waals surface area (Å²) >= 11 is 5.86. The third-order valence-corrected chi connectivity index (χ3v) is 5.34. The van der Waals surface area contributed by atoms with E-state index in [9.17, 15) is 4.39 Å². The van der Waals surface area contributed by atoms with Crippen molar-refractivity contribution < 1.29 is 4.39 Å². The summed E-state index contributed by atoms with van der Waals surface area (Å²) in [5.74, 6) is 1.29. The fraction of sp³-hybridized carbons (Fsp3) is 0.600. The second-order valence-corrected chi connectivity index (χ2v) is 6.48. The Kier molecular flexibility index (Phi) is 3.11. The van der Waals surface area contributed by atoms with Gasteiger partial charge in [0.1, 0.15) is 5.82 Å². The van der Waals surface area contributed by atoms with Crippen molar-refractivity contribution in [1.82, 2.24) is 0 Å². The number of rotatable bonds is 3. The standard InChI is InChI=1S/C15H19ClFN/c16-13-6-11(2-4-14(13)17)8-15(9-18)7-10-1-3-12(15)5-10/h2,4,6,10,12H,1,3,5,7-9,18H2. The minimum atomic E-state index is -0.338. The van der Waals surface area contributed by atoms with Gasteiger partial charge in [-0.05, 0) is 67.2 Å². The Hall–Kier alpha value is -0.600. The quantitative estimate of drug-likeness (QED) is 0.886. The van der Waals surface area contributed by atoms with Crippen LogP contribution in [0.5, 0.6) is 0 Å². The topological polar surface area (TPSA) is 26.0 Å². The number of benzene rings is 1. The average Bonchev–Trinajstić information content (AvgIpc) is 2.94. The zero-order valence-electron chi connectivity index (χ0n) is 10.5. The van der Waals surface area contributed by atoms with Crippen LogP contribution in [0.15, 0.2) is 18.2 Å². The van der Waals surface area contributed by atoms with Crippen LogP contribution in [-0.4, -0.2) is 6.54 Å². The molecule has 18 heavy (non-hydrogen) atoms. The summed E-state index contributed by atoms with van der Waals surface area (Å²) in [5.41, 5.74) is 7.43. The molecular formula is C15H19ClFN. The van der Waals surface area contributed by atoms with E-state index in [1.165, 1.54) is 31.7 Å². The Morgan fingerprint density at radius 3 is 2.78 bits per heavy atom. The van der Waals surface area contributed by atoms with Crippen LogP contribution in [0, 0.1) is 23.1 Å². The van der Waals surface area contributed by atoms with Gasteiger partial charge in [-0.1, -0.05) is 24.1 Å². The van der Waals surface area contributed by atoms with Crippen molar-refractivity contribution in [2.75, 3.05) is 6.54 Å². The molecule has 1 aromatic rings. The number of halogens is 2. The Morgan fingerprint density at radius 2 is 2.22 bits per heavy atom. The predicted molar refractivity (Wildman–Crippen MR) is 72.0 cm³/mol. The average molecular weight is 268 g/mol. The summed E-state index contributed by atoms with van der Waals surface area (Å²) in [7, 11) is 0. The van der Waals surface area contributed by atoms with Gasteiger partial charge in [0.15, 0.2) is 0 Å². The highest BCUT2D eigenvalue weighted by Crippen LogP contribution is 2.56. The molecule has 0 aliphatic heterocycles. The molecule has 0 saturated heterocycles. The lowest BCUT2D eigenvalue weighted by Gasteiger charge is -2.37. The monoisotopic (exact) mass is 267 g/mol. The van der Waals surface area contributed by atoms with Crippen LogP contribution < -0.4 is 5.73 Å². The van der Waals surface area contributed by atoms with E-state index in [2.05, 4.69) is 0 Å². The van der Waals surface area contributed by atoms with Crippen LogP contribution in [-0.2, 0) is 6.42 Å². The Bertz CT molecular complexity index is 462. The first kappa shape index (κ1) is 12.4. The van der Waals surface area contributed by atoms with Gasteiger partial charge < -0.3 is 5.73 Å². The molecule has 2 bridgehead atoms. The summed E-state index contributed by atoms with van der Waals surface area (Å²) < 4.78 is 13.2. The van der Waals surface area contributed by atoms with E-state index in [1.807, 2.05) is 6.07 Å². The minimum absolute atomic E-state index is 0.225. The molecule has 3 unspecified atom stereocenters. The zero-order chi connectivity index (χ0) is 12.8. The fourth-order valence-corrected chi connectivity index (χ4v) is 4.36. The zero-order valence-corrected chi connectivity index (χ0v) is 11.2. The molecule has 0 heterocycles. The van der Waals surface area contributed by atoms with Crippen molar-refractivity contribution in [1.29, 1.82) is 0 Å². The van der Waals surface area contributed by atoms with Crippen LogP contribution >= 0.6 is 11.6 Å². The van der Waals surface area contributed by atoms with Gasteiger partial charge in [0, 0.05) is 0 Å². The Morgan fingerprint density at radius 1 is 1.39 bits per heavy atom. The molecule has 2 N–H and O–H groups in total. The van der Waals surface area contributed by atoms with Crippen LogP contribution in [0.2, 0.25) is 5.02 Å². The second kappa shape index (κ2) is 4.50. The third-order valence-electron chi connectivity index (χ3n) is 5.05. The van der Waals surface area contributed by atoms with Crippen molar-refractivity contribution in [2.45, 2.75) is 32.1 Å². The molecule has 1 nitrogen and oxygen atoms in total. The maximum atomic E-state index is 13.2. The highest BCUT2D eigenvalue weighted by Gasteiger charge is 2.49. The molecule has 2 aliphatic rings. The first-order valence-corrected chi connectivity index (χ1v) is 7.15. The summed E-state index contributed by atoms with van der Waals surface area (Å²) in [5, 5.41) is 0.225. The number of hydrogen-bond acceptors (Lipinski definition) is 1. The van der Waals surface area contributed by atoms with Gasteiger partial charge in [-0.15, -0.1) is 0 Å². The number of fused-ring (bicyclic) bond motifs is 2. The molecule has 2 fully saturated rings. The van der Waals surface area contributed by atoms with E-state index in [1.54, 1.807) is 6.07 Å². The van der Waals surface area contributed by atoms with Crippen LogP contribution in [0.25, 0.3) is 0 Å². The van der Waals surface area contributed by atoms with E-state index in [0.717, 1.165) is 30.4 Å². The van der Waals surface area contributed by atoms with Gasteiger partial charge in [-0.2, -0.15) is 0 Å². The lowest BCUT2D eigenvalue weighted by Crippen LogP contribution is -2.37. The van der Waals surface area contributed by atoms with Gasteiger partial charge in [0.25, 0.3) is 0 Å². The lowest BCUT2D eigenvalue weighted by molar-refractivity contribution is 0.171. The van der Waals surface area contributed by atoms with E-state index >= 15 is 0 Å². The first-order valence-electron chi connectivity index (χ1n) is 6.77. The lowest BCUT2D eigenvalue weighted by atomic mass is 9.69. The summed E-state index contributed by atoms with van der Waals surface area (Å²) in [6.07, 6.45) is 6.22. The predicted octanol–water partition coefficient (Wildman–Crippen LogP) is 3.79. The molecule has 2 aliphatic carbocycles. The molecule has 3 rings (SSSR count). The minimum Gasteiger partial charge on any atom is -0.330 e. The molecular weight excluding hydrogens is 249 g/mol. The fourth-order valence-electron chi connectivity index (χ4n) is 4.15. The van der Waals surface area contributed by atoms with Crippen molar-refractivity contribution in [3.05, 3.63) is 34.6 Å². The third kappa shape index (κ3) is 1.96. The molecule has 0 spiro atoms. The molecule has 2 saturated carbocycles. The maximum absolute atomic E-state index is 13.2. The summed E-state index contributed by atoms with van der Waals surface area (Å²) in [4.78, 5) is 0. The molecule has 3 atom stereocenters. The van der Waals surface area contributed by atoms with Crippen molar-refractivity contribution in [3.8, 4) is 0 Å². The summed E-state index contributed by atoms with van der Waals surface area (Å²) in [6, 6.07) is 5.08. The molecule has 0 amide bonds.